The Morgan fingerprint density at radius 3 is 1.48 bits per heavy atom. The standard InChI is InChI=1S/C33H37.C23H27O.C2H6Si.2ClH.Zr/c1-21-19-28-29(20-21)31(23-13-17-25(18-14-23)33(5,6)7)27-10-8-9-26(27)30(28)22-11-15-24(16-12-22)32(2,3)4;1-14-8-15(2)11-18(10-14)21-19-12-16(3)9-17(19)13-20(22(21)24-7)23(4,5)6;1-3-2;;;/h11-20H,8-10H2,1-7H3;8-13H,1-7H3;1-2H3;2*1H;/q2*-1;;;;+2/p-2. The summed E-state index contributed by atoms with van der Waals surface area (Å²) in [7, 11) is 13.0. The zero-order valence-corrected chi connectivity index (χ0v) is 46.0. The summed E-state index contributed by atoms with van der Waals surface area (Å²) in [6.45, 7) is 33.5. The van der Waals surface area contributed by atoms with E-state index in [0.29, 0.717) is 0 Å². The number of methoxy groups -OCH3 is 1. The molecule has 7 aromatic carbocycles. The van der Waals surface area contributed by atoms with Gasteiger partial charge in [-0.3, -0.25) is 0 Å². The molecule has 5 heteroatoms. The number of aryl methyl sites for hydroxylation is 4. The van der Waals surface area contributed by atoms with Crippen LogP contribution in [0, 0.1) is 27.7 Å². The summed E-state index contributed by atoms with van der Waals surface area (Å²) in [5.41, 5.74) is 20.7. The maximum Gasteiger partial charge on any atom is -0.0132 e. The van der Waals surface area contributed by atoms with E-state index < -0.39 is 18.0 Å². The van der Waals surface area contributed by atoms with Crippen LogP contribution in [0.1, 0.15) is 119 Å². The molecule has 0 atom stereocenters. The fourth-order valence-corrected chi connectivity index (χ4v) is 9.28. The topological polar surface area (TPSA) is 9.23 Å². The Balaban J connectivity index is 0.000000193. The second-order valence-corrected chi connectivity index (χ2v) is 44.3. The molecule has 1 aliphatic rings. The second-order valence-electron chi connectivity index (χ2n) is 21.3. The van der Waals surface area contributed by atoms with Crippen molar-refractivity contribution >= 4 is 44.0 Å². The van der Waals surface area contributed by atoms with Crippen molar-refractivity contribution in [1.82, 2.24) is 0 Å². The molecule has 0 fully saturated rings. The first-order valence-electron chi connectivity index (χ1n) is 22.7. The Hall–Kier alpha value is -3.20. The first kappa shape index (κ1) is 49.2. The quantitative estimate of drug-likeness (QED) is 0.126. The van der Waals surface area contributed by atoms with Crippen LogP contribution in [-0.4, -0.2) is 12.5 Å². The van der Waals surface area contributed by atoms with Gasteiger partial charge in [-0.2, -0.15) is 12.1 Å². The number of fused-ring (bicyclic) bond motifs is 3. The van der Waals surface area contributed by atoms with E-state index >= 15 is 0 Å². The van der Waals surface area contributed by atoms with Gasteiger partial charge in [0.15, 0.2) is 0 Å². The zero-order valence-electron chi connectivity index (χ0n) is 41.0. The van der Waals surface area contributed by atoms with Crippen molar-refractivity contribution in [2.75, 3.05) is 7.11 Å². The second kappa shape index (κ2) is 19.3. The van der Waals surface area contributed by atoms with E-state index in [1.807, 2.05) is 0 Å². The van der Waals surface area contributed by atoms with Crippen LogP contribution < -0.4 is 4.74 Å². The van der Waals surface area contributed by atoms with Gasteiger partial charge in [-0.15, -0.1) is 50.9 Å². The van der Waals surface area contributed by atoms with Crippen LogP contribution in [0.25, 0.3) is 54.9 Å². The maximum atomic E-state index is 5.95. The smallest absolute Gasteiger partial charge is 0.0132 e. The normalized spacial score (nSPS) is 12.7. The Kier molecular flexibility index (Phi) is 15.1. The number of ether oxygens (including phenoxy) is 1. The predicted molar refractivity (Wildman–Crippen MR) is 278 cm³/mol. The Morgan fingerprint density at radius 2 is 1.02 bits per heavy atom. The summed E-state index contributed by atoms with van der Waals surface area (Å²) >= 11 is -1.65. The minimum atomic E-state index is -1.65. The monoisotopic (exact) mass is 970 g/mol. The summed E-state index contributed by atoms with van der Waals surface area (Å²) in [5.74, 6) is 1.01. The Bertz CT molecular complexity index is 2650. The van der Waals surface area contributed by atoms with Crippen molar-refractivity contribution in [3.05, 3.63) is 147 Å². The van der Waals surface area contributed by atoms with Gasteiger partial charge in [0.1, 0.15) is 5.75 Å². The molecule has 0 spiro atoms. The van der Waals surface area contributed by atoms with Crippen molar-refractivity contribution < 1.29 is 22.7 Å². The first-order valence-corrected chi connectivity index (χ1v) is 35.2. The van der Waals surface area contributed by atoms with E-state index in [0.717, 1.165) is 5.75 Å². The third kappa shape index (κ3) is 11.1. The fourth-order valence-electron chi connectivity index (χ4n) is 9.28. The van der Waals surface area contributed by atoms with Gasteiger partial charge in [0.2, 0.25) is 0 Å². The molecular weight excluding hydrogens is 903 g/mol. The van der Waals surface area contributed by atoms with Crippen molar-refractivity contribution in [2.24, 2.45) is 0 Å². The fraction of sp³-hybridized carbons (Fsp3) is 0.379. The molecule has 8 rings (SSSR count). The van der Waals surface area contributed by atoms with Crippen LogP contribution in [0.4, 0.5) is 0 Å². The molecule has 63 heavy (non-hydrogen) atoms. The Morgan fingerprint density at radius 1 is 0.556 bits per heavy atom. The zero-order chi connectivity index (χ0) is 46.3. The van der Waals surface area contributed by atoms with Gasteiger partial charge in [-0.05, 0) is 82.7 Å². The molecule has 0 heterocycles. The SMILES string of the molecule is COc1c(C(C)(C)C)cc2[cH-]c(C)cc2c1-c1cc(C)cc(C)c1.C[Si](C)=[Zr]([Cl])[Cl].Cc1cc2c(-c3ccc(C(C)(C)C)cc3)c3c(c(-c4ccc(C(C)(C)C)cc4)c2[cH-]1)CCC3. The van der Waals surface area contributed by atoms with Gasteiger partial charge in [-0.25, -0.2) is 0 Å². The molecule has 0 amide bonds. The van der Waals surface area contributed by atoms with E-state index in [2.05, 4.69) is 200 Å². The molecule has 0 aliphatic heterocycles. The number of hydrogen-bond acceptors (Lipinski definition) is 1. The summed E-state index contributed by atoms with van der Waals surface area (Å²) < 4.78 is 5.95. The van der Waals surface area contributed by atoms with Gasteiger partial charge in [0.05, 0.1) is 7.11 Å². The molecule has 0 radical (unpaired) electrons. The van der Waals surface area contributed by atoms with Crippen LogP contribution in [0.2, 0.25) is 13.1 Å². The van der Waals surface area contributed by atoms with E-state index in [9.17, 15) is 0 Å². The van der Waals surface area contributed by atoms with Crippen molar-refractivity contribution in [3.8, 4) is 39.1 Å². The van der Waals surface area contributed by atoms with Gasteiger partial charge in [0.25, 0.3) is 0 Å². The van der Waals surface area contributed by atoms with Crippen LogP contribution in [0.15, 0.2) is 97.1 Å². The van der Waals surface area contributed by atoms with E-state index in [-0.39, 0.29) is 21.7 Å². The van der Waals surface area contributed by atoms with Crippen molar-refractivity contribution in [2.45, 2.75) is 139 Å². The molecule has 1 aliphatic carbocycles. The average Bonchev–Trinajstić information content (AvgIpc) is 3.92. The first-order chi connectivity index (χ1) is 29.4. The number of benzene rings is 5. The molecule has 1 nitrogen and oxygen atoms in total. The molecule has 0 aromatic heterocycles. The molecule has 0 bridgehead atoms. The Labute approximate surface area is 395 Å². The van der Waals surface area contributed by atoms with E-state index in [4.69, 9.17) is 21.8 Å². The van der Waals surface area contributed by atoms with Gasteiger partial charge in [0, 0.05) is 0 Å². The van der Waals surface area contributed by atoms with E-state index in [1.165, 1.54) is 113 Å². The van der Waals surface area contributed by atoms with E-state index in [1.54, 1.807) is 18.2 Å². The third-order valence-corrected chi connectivity index (χ3v) is 32.2. The molecular formula is C58H70Cl2OSiZr-2. The molecule has 0 saturated heterocycles. The molecule has 0 saturated carbocycles. The molecule has 7 aromatic rings. The minimum Gasteiger partial charge on any atom is -0.165 e. The van der Waals surface area contributed by atoms with Gasteiger partial charge in [-0.1, -0.05) is 182 Å². The summed E-state index contributed by atoms with van der Waals surface area (Å²) in [6, 6.07) is 37.2. The largest absolute Gasteiger partial charge is 0.165 e. The molecule has 332 valence electrons. The van der Waals surface area contributed by atoms with Gasteiger partial charge >= 0.3 is 53.5 Å². The molecule has 0 unspecified atom stereocenters. The number of halogens is 2. The molecule has 0 N–H and O–H groups in total. The van der Waals surface area contributed by atoms with Crippen molar-refractivity contribution in [3.63, 3.8) is 0 Å². The number of rotatable bonds is 4. The van der Waals surface area contributed by atoms with Crippen LogP contribution in [0.3, 0.4) is 0 Å². The summed E-state index contributed by atoms with van der Waals surface area (Å²) in [4.78, 5) is 0. The van der Waals surface area contributed by atoms with Crippen molar-refractivity contribution in [1.29, 1.82) is 0 Å². The predicted octanol–water partition coefficient (Wildman–Crippen LogP) is 17.9. The van der Waals surface area contributed by atoms with Crippen LogP contribution in [-0.2, 0) is 47.1 Å². The minimum absolute atomic E-state index is 0.0261. The number of hydrogen-bond donors (Lipinski definition) is 0. The maximum absolute atomic E-state index is 5.95. The van der Waals surface area contributed by atoms with Gasteiger partial charge < -0.3 is 4.74 Å². The summed E-state index contributed by atoms with van der Waals surface area (Å²) in [5, 5.41) is 5.42. The van der Waals surface area contributed by atoms with Crippen LogP contribution >= 0.6 is 17.0 Å². The summed E-state index contributed by atoms with van der Waals surface area (Å²) in [6.07, 6.45) is 3.61. The van der Waals surface area contributed by atoms with Crippen LogP contribution in [0.5, 0.6) is 5.75 Å². The third-order valence-electron chi connectivity index (χ3n) is 12.5. The average molecular weight is 973 g/mol.